The molecule has 1 heterocycles. The number of amides is 1. The van der Waals surface area contributed by atoms with Crippen LogP contribution in [-0.4, -0.2) is 23.5 Å². The van der Waals surface area contributed by atoms with Gasteiger partial charge in [0.1, 0.15) is 11.5 Å². The number of hydrogen-bond acceptors (Lipinski definition) is 1. The first kappa shape index (κ1) is 17.3. The van der Waals surface area contributed by atoms with E-state index in [4.69, 9.17) is 6.57 Å². The molecule has 1 amide bonds. The zero-order valence-electron chi connectivity index (χ0n) is 14.8. The molecule has 0 aliphatic heterocycles. The molecule has 1 aromatic heterocycles. The number of fused-ring (bicyclic) bond motifs is 1. The van der Waals surface area contributed by atoms with Gasteiger partial charge in [0.25, 0.3) is 5.91 Å². The summed E-state index contributed by atoms with van der Waals surface area (Å²) < 4.78 is 13.1. The molecule has 5 heteroatoms. The van der Waals surface area contributed by atoms with Crippen molar-refractivity contribution in [2.45, 2.75) is 25.3 Å². The molecule has 1 aliphatic carbocycles. The fourth-order valence-corrected chi connectivity index (χ4v) is 3.75. The predicted molar refractivity (Wildman–Crippen MR) is 104 cm³/mol. The van der Waals surface area contributed by atoms with Gasteiger partial charge in [-0.15, -0.1) is 0 Å². The molecule has 0 unspecified atom stereocenters. The van der Waals surface area contributed by atoms with E-state index in [1.807, 2.05) is 24.3 Å². The quantitative estimate of drug-likeness (QED) is 0.645. The molecule has 1 saturated carbocycles. The van der Waals surface area contributed by atoms with Crippen LogP contribution in [-0.2, 0) is 0 Å². The van der Waals surface area contributed by atoms with Gasteiger partial charge >= 0.3 is 0 Å². The van der Waals surface area contributed by atoms with Crippen LogP contribution in [0.1, 0.15) is 29.8 Å². The van der Waals surface area contributed by atoms with E-state index in [0.717, 1.165) is 41.3 Å². The van der Waals surface area contributed by atoms with Crippen LogP contribution in [0.5, 0.6) is 0 Å². The fourth-order valence-electron chi connectivity index (χ4n) is 3.75. The molecule has 0 spiro atoms. The zero-order valence-corrected chi connectivity index (χ0v) is 14.8. The monoisotopic (exact) mass is 361 g/mol. The molecular weight excluding hydrogens is 341 g/mol. The summed E-state index contributed by atoms with van der Waals surface area (Å²) in [6.07, 6.45) is 2.81. The second-order valence-electron chi connectivity index (χ2n) is 7.16. The van der Waals surface area contributed by atoms with Crippen LogP contribution in [0.2, 0.25) is 0 Å². The fraction of sp³-hybridized carbons (Fsp3) is 0.273. The lowest BCUT2D eigenvalue weighted by atomic mass is 10.0. The molecule has 136 valence electrons. The average Bonchev–Trinajstić information content (AvgIpc) is 3.32. The van der Waals surface area contributed by atoms with Gasteiger partial charge in [0.15, 0.2) is 0 Å². The van der Waals surface area contributed by atoms with Crippen molar-refractivity contribution < 1.29 is 9.18 Å². The average molecular weight is 361 g/mol. The highest BCUT2D eigenvalue weighted by molar-refractivity contribution is 5.98. The molecule has 27 heavy (non-hydrogen) atoms. The van der Waals surface area contributed by atoms with Crippen molar-refractivity contribution in [1.29, 1.82) is 0 Å². The molecular formula is C22H20FN3O. The molecule has 0 radical (unpaired) electrons. The summed E-state index contributed by atoms with van der Waals surface area (Å²) in [5.74, 6) is 0.00643. The summed E-state index contributed by atoms with van der Waals surface area (Å²) in [4.78, 5) is 19.2. The van der Waals surface area contributed by atoms with Gasteiger partial charge in [-0.1, -0.05) is 24.3 Å². The van der Waals surface area contributed by atoms with Crippen LogP contribution in [0.3, 0.4) is 0 Å². The third-order valence-electron chi connectivity index (χ3n) is 5.29. The van der Waals surface area contributed by atoms with Crippen LogP contribution in [0.25, 0.3) is 26.9 Å². The van der Waals surface area contributed by atoms with E-state index >= 15 is 0 Å². The minimum atomic E-state index is -0.261. The van der Waals surface area contributed by atoms with Crippen molar-refractivity contribution in [3.63, 3.8) is 0 Å². The van der Waals surface area contributed by atoms with Crippen molar-refractivity contribution in [2.75, 3.05) is 6.54 Å². The topological polar surface area (TPSA) is 49.2 Å². The Bertz CT molecular complexity index is 1020. The number of H-pyrrole nitrogens is 1. The Labute approximate surface area is 157 Å². The van der Waals surface area contributed by atoms with Gasteiger partial charge in [0.05, 0.1) is 0 Å². The molecule has 0 saturated heterocycles. The van der Waals surface area contributed by atoms with Crippen LogP contribution < -0.4 is 5.32 Å². The SMILES string of the molecule is [C-]#[N+][C@H]1CC[C@@H](CNC(=O)c2cc3ccc(-c4ccc(F)cc4)cc3[nH]2)C1. The highest BCUT2D eigenvalue weighted by atomic mass is 19.1. The maximum atomic E-state index is 13.1. The summed E-state index contributed by atoms with van der Waals surface area (Å²) in [6.45, 7) is 7.72. The summed E-state index contributed by atoms with van der Waals surface area (Å²) >= 11 is 0. The molecule has 4 nitrogen and oxygen atoms in total. The van der Waals surface area contributed by atoms with Gasteiger partial charge in [-0.05, 0) is 47.7 Å². The van der Waals surface area contributed by atoms with Crippen LogP contribution in [0, 0.1) is 18.3 Å². The number of aromatic nitrogens is 1. The van der Waals surface area contributed by atoms with Crippen LogP contribution in [0.4, 0.5) is 4.39 Å². The lowest BCUT2D eigenvalue weighted by molar-refractivity contribution is 0.0943. The number of aromatic amines is 1. The van der Waals surface area contributed by atoms with Crippen molar-refractivity contribution in [2.24, 2.45) is 5.92 Å². The summed E-state index contributed by atoms with van der Waals surface area (Å²) in [6, 6.07) is 14.2. The van der Waals surface area contributed by atoms with Gasteiger partial charge in [-0.2, -0.15) is 0 Å². The molecule has 2 atom stereocenters. The van der Waals surface area contributed by atoms with E-state index in [9.17, 15) is 9.18 Å². The molecule has 2 N–H and O–H groups in total. The second kappa shape index (κ2) is 7.24. The van der Waals surface area contributed by atoms with Gasteiger partial charge in [-0.25, -0.2) is 11.0 Å². The molecule has 0 bridgehead atoms. The zero-order chi connectivity index (χ0) is 18.8. The van der Waals surface area contributed by atoms with Crippen molar-refractivity contribution >= 4 is 16.8 Å². The number of carbonyl (C=O) groups excluding carboxylic acids is 1. The van der Waals surface area contributed by atoms with Crippen molar-refractivity contribution in [1.82, 2.24) is 10.3 Å². The molecule has 2 aromatic carbocycles. The minimum Gasteiger partial charge on any atom is -0.351 e. The first-order chi connectivity index (χ1) is 13.1. The van der Waals surface area contributed by atoms with Gasteiger partial charge < -0.3 is 15.1 Å². The smallest absolute Gasteiger partial charge is 0.267 e. The first-order valence-corrected chi connectivity index (χ1v) is 9.16. The maximum Gasteiger partial charge on any atom is 0.267 e. The van der Waals surface area contributed by atoms with E-state index < -0.39 is 0 Å². The van der Waals surface area contributed by atoms with Gasteiger partial charge in [0.2, 0.25) is 6.04 Å². The Kier molecular flexibility index (Phi) is 4.64. The van der Waals surface area contributed by atoms with Gasteiger partial charge in [-0.3, -0.25) is 4.79 Å². The lowest BCUT2D eigenvalue weighted by Gasteiger charge is -2.09. The summed E-state index contributed by atoms with van der Waals surface area (Å²) in [7, 11) is 0. The van der Waals surface area contributed by atoms with E-state index in [0.29, 0.717) is 18.2 Å². The van der Waals surface area contributed by atoms with E-state index in [1.165, 1.54) is 12.1 Å². The molecule has 1 aliphatic rings. The molecule has 3 aromatic rings. The van der Waals surface area contributed by atoms with E-state index in [2.05, 4.69) is 15.1 Å². The second-order valence-corrected chi connectivity index (χ2v) is 7.16. The normalized spacial score (nSPS) is 19.1. The highest BCUT2D eigenvalue weighted by Crippen LogP contribution is 2.28. The van der Waals surface area contributed by atoms with E-state index in [1.54, 1.807) is 12.1 Å². The Morgan fingerprint density at radius 3 is 2.67 bits per heavy atom. The molecule has 1 fully saturated rings. The number of carbonyl (C=O) groups is 1. The number of nitrogens with zero attached hydrogens (tertiary/aromatic N) is 1. The Balaban J connectivity index is 1.47. The highest BCUT2D eigenvalue weighted by Gasteiger charge is 2.28. The van der Waals surface area contributed by atoms with Crippen molar-refractivity contribution in [3.05, 3.63) is 71.5 Å². The number of hydrogen-bond donors (Lipinski definition) is 2. The van der Waals surface area contributed by atoms with Crippen LogP contribution >= 0.6 is 0 Å². The Morgan fingerprint density at radius 2 is 1.93 bits per heavy atom. The minimum absolute atomic E-state index is 0.116. The summed E-state index contributed by atoms with van der Waals surface area (Å²) in [5.41, 5.74) is 3.29. The van der Waals surface area contributed by atoms with Crippen molar-refractivity contribution in [3.8, 4) is 11.1 Å². The van der Waals surface area contributed by atoms with Crippen LogP contribution in [0.15, 0.2) is 48.5 Å². The van der Waals surface area contributed by atoms with Gasteiger partial charge in [0, 0.05) is 30.3 Å². The largest absolute Gasteiger partial charge is 0.351 e. The number of nitrogens with one attached hydrogen (secondary N) is 2. The first-order valence-electron chi connectivity index (χ1n) is 9.16. The standard InChI is InChI=1S/C22H20FN3O/c1-24-19-9-2-14(10-19)13-25-22(27)21-12-17-4-3-16(11-20(17)26-21)15-5-7-18(23)8-6-15/h3-8,11-12,14,19,26H,2,9-10,13H2,(H,25,27)/t14-,19+/m1/s1. The maximum absolute atomic E-state index is 13.1. The van der Waals surface area contributed by atoms with E-state index in [-0.39, 0.29) is 17.8 Å². The summed E-state index contributed by atoms with van der Waals surface area (Å²) in [5, 5.41) is 3.94. The predicted octanol–water partition coefficient (Wildman–Crippen LogP) is 4.79. The number of halogens is 1. The Morgan fingerprint density at radius 1 is 1.15 bits per heavy atom. The number of benzene rings is 2. The Hall–Kier alpha value is -3.13. The number of rotatable bonds is 4. The molecule has 4 rings (SSSR count). The third kappa shape index (κ3) is 3.70. The lowest BCUT2D eigenvalue weighted by Crippen LogP contribution is -2.28. The third-order valence-corrected chi connectivity index (χ3v) is 5.29.